The minimum atomic E-state index is -3.88. The summed E-state index contributed by atoms with van der Waals surface area (Å²) in [5.41, 5.74) is 2.11. The molecule has 1 aliphatic rings. The number of benzene rings is 2. The normalized spacial score (nSPS) is 14.7. The Hall–Kier alpha value is -3.35. The van der Waals surface area contributed by atoms with Crippen LogP contribution in [0.2, 0.25) is 0 Å². The van der Waals surface area contributed by atoms with E-state index in [0.29, 0.717) is 26.2 Å². The number of nitrogens with zero attached hydrogens (tertiary/aromatic N) is 3. The topological polar surface area (TPSA) is 158 Å². The zero-order valence-corrected chi connectivity index (χ0v) is 18.8. The molecule has 1 fully saturated rings. The van der Waals surface area contributed by atoms with E-state index >= 15 is 0 Å². The molecule has 1 heterocycles. The Balaban J connectivity index is 0.000000569. The average molecular weight is 480 g/mol. The highest BCUT2D eigenvalue weighted by Crippen LogP contribution is 2.27. The predicted octanol–water partition coefficient (Wildman–Crippen LogP) is 1.82. The van der Waals surface area contributed by atoms with Crippen LogP contribution in [-0.4, -0.2) is 70.9 Å². The van der Waals surface area contributed by atoms with Crippen molar-refractivity contribution in [1.82, 2.24) is 9.21 Å². The summed E-state index contributed by atoms with van der Waals surface area (Å²) in [6, 6.07) is 14.0. The van der Waals surface area contributed by atoms with Gasteiger partial charge in [0.05, 0.1) is 4.92 Å². The highest BCUT2D eigenvalue weighted by atomic mass is 32.2. The number of aryl methyl sites for hydroxylation is 1. The van der Waals surface area contributed by atoms with Crippen LogP contribution < -0.4 is 0 Å². The Kier molecular flexibility index (Phi) is 9.02. The smallest absolute Gasteiger partial charge is 0.414 e. The van der Waals surface area contributed by atoms with Crippen molar-refractivity contribution in [3.63, 3.8) is 0 Å². The van der Waals surface area contributed by atoms with Crippen molar-refractivity contribution >= 4 is 27.6 Å². The molecule has 0 amide bonds. The molecule has 1 saturated heterocycles. The number of carbonyl (C=O) groups is 2. The maximum absolute atomic E-state index is 12.9. The maximum atomic E-state index is 12.9. The van der Waals surface area contributed by atoms with E-state index in [0.717, 1.165) is 13.0 Å². The zero-order valence-electron chi connectivity index (χ0n) is 18.0. The third-order valence-corrected chi connectivity index (χ3v) is 6.98. The van der Waals surface area contributed by atoms with E-state index in [1.54, 1.807) is 0 Å². The Morgan fingerprint density at radius 3 is 1.94 bits per heavy atom. The van der Waals surface area contributed by atoms with Crippen molar-refractivity contribution in [2.24, 2.45) is 0 Å². The number of carboxylic acids is 2. The fourth-order valence-electron chi connectivity index (χ4n) is 3.23. The molecule has 2 N–H and O–H groups in total. The summed E-state index contributed by atoms with van der Waals surface area (Å²) in [6.07, 6.45) is 1.00. The molecule has 0 radical (unpaired) electrons. The number of hydrogen-bond acceptors (Lipinski definition) is 7. The molecule has 0 aromatic heterocycles. The van der Waals surface area contributed by atoms with Crippen LogP contribution in [0.5, 0.6) is 0 Å². The Bertz CT molecular complexity index is 1080. The minimum absolute atomic E-state index is 0.237. The summed E-state index contributed by atoms with van der Waals surface area (Å²) in [5, 5.41) is 25.9. The number of rotatable bonds is 6. The molecule has 1 aliphatic heterocycles. The monoisotopic (exact) mass is 479 g/mol. The molecule has 2 aromatic carbocycles. The SMILES string of the molecule is CCc1ccc(CN2CCN(S(=O)(=O)c3ccccc3[N+](=O)[O-])CC2)cc1.O=C(O)C(=O)O. The van der Waals surface area contributed by atoms with E-state index in [1.807, 2.05) is 0 Å². The quantitative estimate of drug-likeness (QED) is 0.358. The molecule has 33 heavy (non-hydrogen) atoms. The lowest BCUT2D eigenvalue weighted by atomic mass is 10.1. The molecule has 0 bridgehead atoms. The summed E-state index contributed by atoms with van der Waals surface area (Å²) in [4.78, 5) is 30.7. The van der Waals surface area contributed by atoms with Gasteiger partial charge in [-0.1, -0.05) is 43.3 Å². The van der Waals surface area contributed by atoms with Crippen molar-refractivity contribution in [2.45, 2.75) is 24.8 Å². The molecular weight excluding hydrogens is 454 g/mol. The molecule has 178 valence electrons. The van der Waals surface area contributed by atoms with Crippen LogP contribution >= 0.6 is 0 Å². The van der Waals surface area contributed by atoms with E-state index in [9.17, 15) is 18.5 Å². The number of aliphatic carboxylic acids is 2. The fraction of sp³-hybridized carbons (Fsp3) is 0.333. The Morgan fingerprint density at radius 2 is 1.45 bits per heavy atom. The molecule has 11 nitrogen and oxygen atoms in total. The van der Waals surface area contributed by atoms with Crippen LogP contribution in [-0.2, 0) is 32.6 Å². The number of nitro benzene ring substituents is 1. The zero-order chi connectivity index (χ0) is 24.6. The second-order valence-corrected chi connectivity index (χ2v) is 9.09. The van der Waals surface area contributed by atoms with E-state index in [4.69, 9.17) is 19.8 Å². The van der Waals surface area contributed by atoms with Crippen molar-refractivity contribution in [2.75, 3.05) is 26.2 Å². The largest absolute Gasteiger partial charge is 0.473 e. The highest BCUT2D eigenvalue weighted by molar-refractivity contribution is 7.89. The lowest BCUT2D eigenvalue weighted by molar-refractivity contribution is -0.387. The van der Waals surface area contributed by atoms with Gasteiger partial charge in [-0.05, 0) is 23.6 Å². The molecule has 12 heteroatoms. The summed E-state index contributed by atoms with van der Waals surface area (Å²) < 4.78 is 27.0. The van der Waals surface area contributed by atoms with Gasteiger partial charge in [0.25, 0.3) is 5.69 Å². The van der Waals surface area contributed by atoms with Crippen LogP contribution in [0.25, 0.3) is 0 Å². The lowest BCUT2D eigenvalue weighted by Gasteiger charge is -2.33. The fourth-order valence-corrected chi connectivity index (χ4v) is 4.81. The average Bonchev–Trinajstić information content (AvgIpc) is 2.80. The number of carboxylic acid groups (broad SMARTS) is 2. The summed E-state index contributed by atoms with van der Waals surface area (Å²) in [5.74, 6) is -3.65. The van der Waals surface area contributed by atoms with Crippen molar-refractivity contribution in [3.05, 3.63) is 69.8 Å². The number of para-hydroxylation sites is 1. The van der Waals surface area contributed by atoms with Gasteiger partial charge in [-0.15, -0.1) is 0 Å². The molecule has 2 aromatic rings. The van der Waals surface area contributed by atoms with Gasteiger partial charge in [-0.2, -0.15) is 4.31 Å². The number of piperazine rings is 1. The number of sulfonamides is 1. The maximum Gasteiger partial charge on any atom is 0.414 e. The molecule has 3 rings (SSSR count). The molecular formula is C21H25N3O8S. The van der Waals surface area contributed by atoms with Crippen molar-refractivity contribution in [3.8, 4) is 0 Å². The molecule has 0 spiro atoms. The number of nitro groups is 1. The van der Waals surface area contributed by atoms with E-state index in [1.165, 1.54) is 39.7 Å². The van der Waals surface area contributed by atoms with Crippen LogP contribution in [0.3, 0.4) is 0 Å². The second-order valence-electron chi connectivity index (χ2n) is 7.19. The molecule has 0 unspecified atom stereocenters. The van der Waals surface area contributed by atoms with Crippen LogP contribution in [0.4, 0.5) is 5.69 Å². The first-order valence-electron chi connectivity index (χ1n) is 10.1. The van der Waals surface area contributed by atoms with E-state index in [-0.39, 0.29) is 10.6 Å². The third-order valence-electron chi connectivity index (χ3n) is 5.03. The van der Waals surface area contributed by atoms with Gasteiger partial charge < -0.3 is 10.2 Å². The predicted molar refractivity (Wildman–Crippen MR) is 118 cm³/mol. The molecule has 0 aliphatic carbocycles. The molecule has 0 atom stereocenters. The first-order valence-corrected chi connectivity index (χ1v) is 11.5. The Morgan fingerprint density at radius 1 is 0.939 bits per heavy atom. The van der Waals surface area contributed by atoms with Gasteiger partial charge in [-0.25, -0.2) is 18.0 Å². The Labute approximate surface area is 191 Å². The summed E-state index contributed by atoms with van der Waals surface area (Å²) in [6.45, 7) is 4.71. The third kappa shape index (κ3) is 7.07. The van der Waals surface area contributed by atoms with Crippen molar-refractivity contribution < 1.29 is 33.1 Å². The van der Waals surface area contributed by atoms with Gasteiger partial charge in [0.1, 0.15) is 0 Å². The second kappa shape index (κ2) is 11.5. The van der Waals surface area contributed by atoms with E-state index in [2.05, 4.69) is 36.1 Å². The standard InChI is InChI=1S/C19H23N3O4S.C2H2O4/c1-2-16-7-9-17(10-8-16)15-20-11-13-21(14-12-20)27(25,26)19-6-4-3-5-18(19)22(23)24;3-1(4)2(5)6/h3-10H,2,11-15H2,1H3;(H,3,4)(H,5,6). The van der Waals surface area contributed by atoms with Gasteiger partial charge in [-0.3, -0.25) is 15.0 Å². The van der Waals surface area contributed by atoms with E-state index < -0.39 is 26.9 Å². The molecule has 0 saturated carbocycles. The summed E-state index contributed by atoms with van der Waals surface area (Å²) in [7, 11) is -3.88. The van der Waals surface area contributed by atoms with Gasteiger partial charge in [0.2, 0.25) is 10.0 Å². The van der Waals surface area contributed by atoms with Gasteiger partial charge in [0, 0.05) is 38.8 Å². The van der Waals surface area contributed by atoms with Crippen LogP contribution in [0.1, 0.15) is 18.1 Å². The lowest BCUT2D eigenvalue weighted by Crippen LogP contribution is -2.48. The minimum Gasteiger partial charge on any atom is -0.473 e. The van der Waals surface area contributed by atoms with Gasteiger partial charge in [0.15, 0.2) is 4.90 Å². The van der Waals surface area contributed by atoms with Gasteiger partial charge >= 0.3 is 11.9 Å². The van der Waals surface area contributed by atoms with Crippen LogP contribution in [0.15, 0.2) is 53.4 Å². The van der Waals surface area contributed by atoms with Crippen molar-refractivity contribution in [1.29, 1.82) is 0 Å². The number of hydrogen-bond donors (Lipinski definition) is 2. The highest BCUT2D eigenvalue weighted by Gasteiger charge is 2.33. The first-order chi connectivity index (χ1) is 15.6. The van der Waals surface area contributed by atoms with Crippen LogP contribution in [0, 0.1) is 10.1 Å². The summed E-state index contributed by atoms with van der Waals surface area (Å²) >= 11 is 0. The first kappa shape index (κ1) is 25.9.